The minimum atomic E-state index is -4.67. The largest absolute Gasteiger partial charge is 0.522 e. The van der Waals surface area contributed by atoms with E-state index >= 15 is 0 Å². The minimum Gasteiger partial charge on any atom is -0.408 e. The molecule has 34 heavy (non-hydrogen) atoms. The Balaban J connectivity index is 1.11. The highest BCUT2D eigenvalue weighted by atomic mass is 19.4. The molecule has 2 heterocycles. The van der Waals surface area contributed by atoms with E-state index in [9.17, 15) is 31.1 Å². The van der Waals surface area contributed by atoms with Gasteiger partial charge in [-0.1, -0.05) is 5.10 Å². The Kier molecular flexibility index (Phi) is 7.24. The van der Waals surface area contributed by atoms with Crippen molar-refractivity contribution in [1.82, 2.24) is 15.5 Å². The maximum absolute atomic E-state index is 12.2. The van der Waals surface area contributed by atoms with E-state index in [2.05, 4.69) is 25.0 Å². The zero-order chi connectivity index (χ0) is 24.5. The lowest BCUT2D eigenvalue weighted by molar-refractivity contribution is -0.357. The van der Waals surface area contributed by atoms with Gasteiger partial charge in [0.05, 0.1) is 18.3 Å². The fourth-order valence-corrected chi connectivity index (χ4v) is 4.19. The fraction of sp³-hybridized carbons (Fsp3) is 0.842. The number of anilines is 1. The van der Waals surface area contributed by atoms with Crippen molar-refractivity contribution in [3.05, 3.63) is 5.89 Å². The number of halogens is 6. The molecule has 1 aromatic rings. The monoisotopic (exact) mass is 502 g/mol. The van der Waals surface area contributed by atoms with Crippen molar-refractivity contribution in [2.45, 2.75) is 81.5 Å². The first-order valence-corrected chi connectivity index (χ1v) is 10.9. The predicted octanol–water partition coefficient (Wildman–Crippen LogP) is 3.02. The lowest BCUT2D eigenvalue weighted by Gasteiger charge is -2.35. The van der Waals surface area contributed by atoms with Gasteiger partial charge in [0.15, 0.2) is 0 Å². The van der Waals surface area contributed by atoms with Crippen LogP contribution < -0.4 is 10.2 Å². The summed E-state index contributed by atoms with van der Waals surface area (Å²) < 4.78 is 91.8. The number of aromatic nitrogens is 2. The number of alkyl halides is 6. The number of nitrogens with zero attached hydrogens (tertiary/aromatic N) is 3. The number of carbonyl (C=O) groups excluding carboxylic acids is 1. The molecule has 9 nitrogen and oxygen atoms in total. The molecule has 1 amide bonds. The van der Waals surface area contributed by atoms with E-state index < -0.39 is 31.0 Å². The number of piperidine rings is 1. The molecule has 1 N–H and O–H groups in total. The SMILES string of the molecule is O=C(COC1CC(OC(F)(F)F)C1)NC1CCN(c2nnc(C3CC(OC(F)(F)F)C3)o2)CC1. The van der Waals surface area contributed by atoms with E-state index in [0.29, 0.717) is 25.9 Å². The third-order valence-corrected chi connectivity index (χ3v) is 6.11. The van der Waals surface area contributed by atoms with Crippen LogP contribution in [-0.2, 0) is 19.0 Å². The Morgan fingerprint density at radius 1 is 0.941 bits per heavy atom. The first-order valence-electron chi connectivity index (χ1n) is 10.9. The van der Waals surface area contributed by atoms with Crippen LogP contribution in [0.4, 0.5) is 32.4 Å². The van der Waals surface area contributed by atoms with Gasteiger partial charge in [0.1, 0.15) is 6.61 Å². The molecule has 3 aliphatic rings. The van der Waals surface area contributed by atoms with Gasteiger partial charge < -0.3 is 19.4 Å². The Morgan fingerprint density at radius 3 is 2.12 bits per heavy atom. The van der Waals surface area contributed by atoms with Gasteiger partial charge in [0.25, 0.3) is 0 Å². The third kappa shape index (κ3) is 6.95. The molecule has 0 aromatic carbocycles. The molecular weight excluding hydrogens is 478 g/mol. The van der Waals surface area contributed by atoms with E-state index in [-0.39, 0.29) is 62.1 Å². The first-order chi connectivity index (χ1) is 15.9. The number of rotatable bonds is 8. The van der Waals surface area contributed by atoms with Crippen LogP contribution in [0.5, 0.6) is 0 Å². The van der Waals surface area contributed by atoms with Gasteiger partial charge in [-0.2, -0.15) is 0 Å². The highest BCUT2D eigenvalue weighted by molar-refractivity contribution is 5.77. The Labute approximate surface area is 190 Å². The quantitative estimate of drug-likeness (QED) is 0.542. The van der Waals surface area contributed by atoms with Gasteiger partial charge in [0, 0.05) is 37.9 Å². The maximum Gasteiger partial charge on any atom is 0.522 e. The topological polar surface area (TPSA) is 99.0 Å². The lowest BCUT2D eigenvalue weighted by Crippen LogP contribution is -2.47. The summed E-state index contributed by atoms with van der Waals surface area (Å²) in [5, 5.41) is 10.8. The van der Waals surface area contributed by atoms with Crippen LogP contribution in [0, 0.1) is 0 Å². The van der Waals surface area contributed by atoms with Crippen molar-refractivity contribution in [2.24, 2.45) is 0 Å². The molecule has 0 bridgehead atoms. The van der Waals surface area contributed by atoms with Crippen molar-refractivity contribution in [3.63, 3.8) is 0 Å². The molecule has 0 radical (unpaired) electrons. The standard InChI is InChI=1S/C19H24F6N4O5/c20-18(21,22)33-13-5-10(6-13)16-27-28-17(32-16)29-3-1-11(2-4-29)26-15(30)9-31-12-7-14(8-12)34-19(23,24)25/h10-14H,1-9H2,(H,26,30). The number of amides is 1. The molecule has 1 saturated heterocycles. The molecule has 1 aliphatic heterocycles. The number of carbonyl (C=O) groups is 1. The van der Waals surface area contributed by atoms with Gasteiger partial charge in [-0.15, -0.1) is 31.4 Å². The van der Waals surface area contributed by atoms with E-state index in [0.717, 1.165) is 0 Å². The lowest BCUT2D eigenvalue weighted by atomic mass is 9.82. The summed E-state index contributed by atoms with van der Waals surface area (Å²) >= 11 is 0. The summed E-state index contributed by atoms with van der Waals surface area (Å²) in [5.41, 5.74) is 0. The third-order valence-electron chi connectivity index (χ3n) is 6.11. The molecule has 0 spiro atoms. The smallest absolute Gasteiger partial charge is 0.408 e. The van der Waals surface area contributed by atoms with E-state index in [1.54, 1.807) is 0 Å². The average Bonchev–Trinajstić information content (AvgIpc) is 3.14. The van der Waals surface area contributed by atoms with Gasteiger partial charge in [0.2, 0.25) is 11.8 Å². The highest BCUT2D eigenvalue weighted by Gasteiger charge is 2.43. The van der Waals surface area contributed by atoms with Crippen molar-refractivity contribution in [1.29, 1.82) is 0 Å². The van der Waals surface area contributed by atoms with Crippen LogP contribution >= 0.6 is 0 Å². The number of ether oxygens (including phenoxy) is 3. The maximum atomic E-state index is 12.2. The van der Waals surface area contributed by atoms with Crippen LogP contribution in [0.15, 0.2) is 4.42 Å². The zero-order valence-corrected chi connectivity index (χ0v) is 17.9. The Bertz CT molecular complexity index is 830. The highest BCUT2D eigenvalue weighted by Crippen LogP contribution is 2.41. The molecule has 192 valence electrons. The number of hydrogen-bond donors (Lipinski definition) is 1. The first kappa shape index (κ1) is 25.0. The van der Waals surface area contributed by atoms with E-state index in [4.69, 9.17) is 9.15 Å². The molecule has 0 unspecified atom stereocenters. The zero-order valence-electron chi connectivity index (χ0n) is 17.9. The average molecular weight is 502 g/mol. The minimum absolute atomic E-state index is 0.0915. The number of nitrogens with one attached hydrogen (secondary N) is 1. The van der Waals surface area contributed by atoms with Crippen molar-refractivity contribution < 1.29 is 49.8 Å². The second-order valence-corrected chi connectivity index (χ2v) is 8.70. The van der Waals surface area contributed by atoms with E-state index in [1.807, 2.05) is 4.90 Å². The summed E-state index contributed by atoms with van der Waals surface area (Å²) in [6, 6.07) is 0.174. The van der Waals surface area contributed by atoms with Crippen LogP contribution in [-0.4, -0.2) is 72.9 Å². The molecule has 2 saturated carbocycles. The van der Waals surface area contributed by atoms with Gasteiger partial charge in [-0.3, -0.25) is 14.3 Å². The van der Waals surface area contributed by atoms with Crippen LogP contribution in [0.25, 0.3) is 0 Å². The molecule has 3 fully saturated rings. The van der Waals surface area contributed by atoms with Crippen molar-refractivity contribution in [3.8, 4) is 0 Å². The molecule has 1 aromatic heterocycles. The summed E-state index contributed by atoms with van der Waals surface area (Å²) in [4.78, 5) is 13.9. The molecule has 15 heteroatoms. The second kappa shape index (κ2) is 9.85. The van der Waals surface area contributed by atoms with Crippen molar-refractivity contribution in [2.75, 3.05) is 24.6 Å². The normalized spacial score (nSPS) is 28.4. The summed E-state index contributed by atoms with van der Waals surface area (Å²) in [6.07, 6.45) is -9.89. The molecule has 4 rings (SSSR count). The van der Waals surface area contributed by atoms with Crippen LogP contribution in [0.2, 0.25) is 0 Å². The molecule has 0 atom stereocenters. The predicted molar refractivity (Wildman–Crippen MR) is 100 cm³/mol. The molecule has 2 aliphatic carbocycles. The summed E-state index contributed by atoms with van der Waals surface area (Å²) in [6.45, 7) is 0.811. The van der Waals surface area contributed by atoms with Crippen LogP contribution in [0.1, 0.15) is 50.3 Å². The van der Waals surface area contributed by atoms with E-state index in [1.165, 1.54) is 0 Å². The Morgan fingerprint density at radius 2 is 1.53 bits per heavy atom. The number of hydrogen-bond acceptors (Lipinski definition) is 8. The summed E-state index contributed by atoms with van der Waals surface area (Å²) in [5.74, 6) is -0.334. The van der Waals surface area contributed by atoms with Gasteiger partial charge in [-0.25, -0.2) is 0 Å². The van der Waals surface area contributed by atoms with Gasteiger partial charge >= 0.3 is 18.7 Å². The second-order valence-electron chi connectivity index (χ2n) is 8.70. The molecular formula is C19H24F6N4O5. The Hall–Kier alpha value is -2.13. The van der Waals surface area contributed by atoms with Crippen LogP contribution in [0.3, 0.4) is 0 Å². The fourth-order valence-electron chi connectivity index (χ4n) is 4.19. The van der Waals surface area contributed by atoms with Crippen molar-refractivity contribution >= 4 is 11.9 Å². The summed E-state index contributed by atoms with van der Waals surface area (Å²) in [7, 11) is 0. The van der Waals surface area contributed by atoms with Gasteiger partial charge in [-0.05, 0) is 25.7 Å².